The summed E-state index contributed by atoms with van der Waals surface area (Å²) >= 11 is 1.71. The maximum Gasteiger partial charge on any atom is 0.258 e. The summed E-state index contributed by atoms with van der Waals surface area (Å²) in [7, 11) is -3.53. The molecule has 1 atom stereocenters. The summed E-state index contributed by atoms with van der Waals surface area (Å²) in [6, 6.07) is 3.62. The summed E-state index contributed by atoms with van der Waals surface area (Å²) in [5, 5.41) is 3.34. The average Bonchev–Trinajstić information content (AvgIpc) is 2.43. The molecule has 1 rings (SSSR count). The predicted octanol–water partition coefficient (Wildman–Crippen LogP) is 2.00. The Labute approximate surface area is 132 Å². The normalized spacial score (nSPS) is 13.6. The Morgan fingerprint density at radius 1 is 1.29 bits per heavy atom. The minimum atomic E-state index is -3.53. The lowest BCUT2D eigenvalue weighted by Gasteiger charge is -2.13. The Hall–Kier alpha value is -0.630. The first kappa shape index (κ1) is 18.4. The highest BCUT2D eigenvalue weighted by atomic mass is 32.2. The van der Waals surface area contributed by atoms with Gasteiger partial charge in [0.25, 0.3) is 10.0 Å². The van der Waals surface area contributed by atoms with Crippen LogP contribution in [0.25, 0.3) is 0 Å². The van der Waals surface area contributed by atoms with Crippen LogP contribution in [0.5, 0.6) is 0 Å². The number of hydrogen-bond acceptors (Lipinski definition) is 5. The second kappa shape index (κ2) is 8.73. The maximum absolute atomic E-state index is 12.2. The third-order valence-electron chi connectivity index (χ3n) is 2.72. The molecule has 0 bridgehead atoms. The van der Waals surface area contributed by atoms with E-state index in [1.54, 1.807) is 30.1 Å². The van der Waals surface area contributed by atoms with Crippen LogP contribution in [0.4, 0.5) is 0 Å². The van der Waals surface area contributed by atoms with Gasteiger partial charge in [0.1, 0.15) is 0 Å². The van der Waals surface area contributed by atoms with Crippen LogP contribution in [0.2, 0.25) is 0 Å². The Bertz CT molecular complexity index is 516. The van der Waals surface area contributed by atoms with Gasteiger partial charge >= 0.3 is 0 Å². The predicted molar refractivity (Wildman–Crippen MR) is 89.0 cm³/mol. The number of sulfonamides is 1. The zero-order valence-corrected chi connectivity index (χ0v) is 14.7. The first-order chi connectivity index (χ1) is 9.85. The number of nitrogens with one attached hydrogen (secondary N) is 2. The summed E-state index contributed by atoms with van der Waals surface area (Å²) in [6.45, 7) is 8.72. The summed E-state index contributed by atoms with van der Waals surface area (Å²) in [5.41, 5.74) is 0.970. The van der Waals surface area contributed by atoms with Gasteiger partial charge < -0.3 is 5.32 Å². The van der Waals surface area contributed by atoms with E-state index in [0.29, 0.717) is 12.6 Å². The van der Waals surface area contributed by atoms with Crippen molar-refractivity contribution < 1.29 is 8.42 Å². The molecule has 0 saturated heterocycles. The maximum atomic E-state index is 12.2. The van der Waals surface area contributed by atoms with Crippen molar-refractivity contribution in [2.45, 2.75) is 51.3 Å². The lowest BCUT2D eigenvalue weighted by molar-refractivity contribution is 0.566. The van der Waals surface area contributed by atoms with Crippen LogP contribution in [-0.2, 0) is 16.6 Å². The highest BCUT2D eigenvalue weighted by Crippen LogP contribution is 2.09. The fourth-order valence-corrected chi connectivity index (χ4v) is 3.60. The van der Waals surface area contributed by atoms with E-state index in [2.05, 4.69) is 35.8 Å². The Morgan fingerprint density at radius 2 is 2.00 bits per heavy atom. The lowest BCUT2D eigenvalue weighted by atomic mass is 10.2. The Morgan fingerprint density at radius 3 is 2.52 bits per heavy atom. The fraction of sp³-hybridized carbons (Fsp3) is 0.643. The molecule has 0 aliphatic heterocycles. The summed E-state index contributed by atoms with van der Waals surface area (Å²) in [4.78, 5) is 4.06. The van der Waals surface area contributed by atoms with Crippen molar-refractivity contribution in [1.29, 1.82) is 0 Å². The molecule has 0 aromatic carbocycles. The third kappa shape index (κ3) is 6.78. The van der Waals surface area contributed by atoms with E-state index in [4.69, 9.17) is 0 Å². The van der Waals surface area contributed by atoms with Gasteiger partial charge in [0.05, 0.1) is 0 Å². The quantitative estimate of drug-likeness (QED) is 0.724. The topological polar surface area (TPSA) is 71.1 Å². The number of thioether (sulfide) groups is 1. The van der Waals surface area contributed by atoms with Crippen molar-refractivity contribution in [2.24, 2.45) is 0 Å². The van der Waals surface area contributed by atoms with Gasteiger partial charge in [-0.2, -0.15) is 11.8 Å². The fourth-order valence-electron chi connectivity index (χ4n) is 1.65. The van der Waals surface area contributed by atoms with Gasteiger partial charge in [-0.3, -0.25) is 0 Å². The van der Waals surface area contributed by atoms with E-state index in [-0.39, 0.29) is 11.1 Å². The molecule has 1 aromatic heterocycles. The molecule has 0 saturated carbocycles. The lowest BCUT2D eigenvalue weighted by Crippen LogP contribution is -2.34. The van der Waals surface area contributed by atoms with Crippen LogP contribution in [0.15, 0.2) is 23.4 Å². The number of hydrogen-bond donors (Lipinski definition) is 2. The zero-order chi connectivity index (χ0) is 15.9. The van der Waals surface area contributed by atoms with Crippen LogP contribution in [0.3, 0.4) is 0 Å². The van der Waals surface area contributed by atoms with E-state index in [1.807, 2.05) is 6.92 Å². The molecular formula is C14H25N3O2S2. The molecule has 0 aliphatic rings. The highest BCUT2D eigenvalue weighted by molar-refractivity contribution is 7.99. The van der Waals surface area contributed by atoms with Crippen LogP contribution in [0.1, 0.15) is 33.3 Å². The molecule has 0 amide bonds. The highest BCUT2D eigenvalue weighted by Gasteiger charge is 2.18. The van der Waals surface area contributed by atoms with E-state index in [9.17, 15) is 8.42 Å². The average molecular weight is 332 g/mol. The third-order valence-corrected chi connectivity index (χ3v) is 5.36. The smallest absolute Gasteiger partial charge is 0.258 e. The van der Waals surface area contributed by atoms with Gasteiger partial charge in [-0.05, 0) is 24.3 Å². The minimum absolute atomic E-state index is 0.0733. The zero-order valence-electron chi connectivity index (χ0n) is 13.1. The molecule has 2 N–H and O–H groups in total. The van der Waals surface area contributed by atoms with Crippen molar-refractivity contribution in [3.05, 3.63) is 23.9 Å². The molecule has 0 radical (unpaired) electrons. The molecule has 1 aromatic rings. The van der Waals surface area contributed by atoms with Crippen molar-refractivity contribution in [3.8, 4) is 0 Å². The largest absolute Gasteiger partial charge is 0.310 e. The second-order valence-corrected chi connectivity index (χ2v) is 8.20. The molecule has 0 fully saturated rings. The van der Waals surface area contributed by atoms with Gasteiger partial charge in [-0.15, -0.1) is 0 Å². The Balaban J connectivity index is 2.66. The van der Waals surface area contributed by atoms with Crippen LogP contribution < -0.4 is 10.0 Å². The molecule has 1 unspecified atom stereocenters. The second-order valence-electron chi connectivity index (χ2n) is 5.22. The van der Waals surface area contributed by atoms with E-state index < -0.39 is 10.0 Å². The van der Waals surface area contributed by atoms with Crippen molar-refractivity contribution >= 4 is 21.8 Å². The molecule has 1 heterocycles. The minimum Gasteiger partial charge on any atom is -0.310 e. The van der Waals surface area contributed by atoms with E-state index >= 15 is 0 Å². The van der Waals surface area contributed by atoms with Crippen molar-refractivity contribution in [1.82, 2.24) is 15.0 Å². The van der Waals surface area contributed by atoms with E-state index in [1.165, 1.54) is 0 Å². The van der Waals surface area contributed by atoms with Gasteiger partial charge in [-0.1, -0.05) is 26.8 Å². The number of pyridine rings is 1. The number of aromatic nitrogens is 1. The van der Waals surface area contributed by atoms with Gasteiger partial charge in [0, 0.05) is 30.6 Å². The first-order valence-electron chi connectivity index (χ1n) is 7.13. The van der Waals surface area contributed by atoms with Crippen molar-refractivity contribution in [2.75, 3.05) is 11.5 Å². The summed E-state index contributed by atoms with van der Waals surface area (Å²) in [5.74, 6) is 1.73. The number of rotatable bonds is 9. The SMILES string of the molecule is CCSCC(C)NS(=O)(=O)c1ccc(CNC(C)C)cn1. The molecule has 7 heteroatoms. The van der Waals surface area contributed by atoms with Gasteiger partial charge in [0.2, 0.25) is 0 Å². The summed E-state index contributed by atoms with van der Waals surface area (Å²) < 4.78 is 27.0. The number of nitrogens with zero attached hydrogens (tertiary/aromatic N) is 1. The van der Waals surface area contributed by atoms with Crippen LogP contribution in [-0.4, -0.2) is 37.0 Å². The molecule has 21 heavy (non-hydrogen) atoms. The molecule has 5 nitrogen and oxygen atoms in total. The molecular weight excluding hydrogens is 306 g/mol. The Kier molecular flexibility index (Phi) is 7.65. The standard InChI is InChI=1S/C14H25N3O2S2/c1-5-20-10-12(4)17-21(18,19)14-7-6-13(9-16-14)8-15-11(2)3/h6-7,9,11-12,15,17H,5,8,10H2,1-4H3. The molecule has 120 valence electrons. The molecule has 0 spiro atoms. The molecule has 0 aliphatic carbocycles. The monoisotopic (exact) mass is 331 g/mol. The van der Waals surface area contributed by atoms with Crippen molar-refractivity contribution in [3.63, 3.8) is 0 Å². The van der Waals surface area contributed by atoms with Crippen LogP contribution in [0, 0.1) is 0 Å². The van der Waals surface area contributed by atoms with Crippen LogP contribution >= 0.6 is 11.8 Å². The van der Waals surface area contributed by atoms with Gasteiger partial charge in [0.15, 0.2) is 5.03 Å². The first-order valence-corrected chi connectivity index (χ1v) is 9.77. The van der Waals surface area contributed by atoms with E-state index in [0.717, 1.165) is 17.1 Å². The summed E-state index contributed by atoms with van der Waals surface area (Å²) in [6.07, 6.45) is 1.61. The van der Waals surface area contributed by atoms with Gasteiger partial charge in [-0.25, -0.2) is 18.1 Å².